The second kappa shape index (κ2) is 6.55. The van der Waals surface area contributed by atoms with Crippen LogP contribution in [0, 0.1) is 0 Å². The van der Waals surface area contributed by atoms with Crippen molar-refractivity contribution < 1.29 is 4.79 Å². The minimum absolute atomic E-state index is 0.399. The summed E-state index contributed by atoms with van der Waals surface area (Å²) in [5.41, 5.74) is 8.07. The van der Waals surface area contributed by atoms with Gasteiger partial charge < -0.3 is 5.73 Å². The molecule has 0 aromatic heterocycles. The van der Waals surface area contributed by atoms with E-state index >= 15 is 0 Å². The number of rotatable bonds is 5. The summed E-state index contributed by atoms with van der Waals surface area (Å²) in [6, 6.07) is 15.2. The highest BCUT2D eigenvalue weighted by molar-refractivity contribution is 6.30. The molecular formula is C16H17ClN2O. The summed E-state index contributed by atoms with van der Waals surface area (Å²) >= 11 is 5.97. The number of nitrogens with two attached hydrogens (primary N) is 1. The number of carbonyl (C=O) groups excluding carboxylic acids is 1. The van der Waals surface area contributed by atoms with E-state index in [0.29, 0.717) is 5.56 Å². The number of hydrogen-bond donors (Lipinski definition) is 1. The molecule has 3 nitrogen and oxygen atoms in total. The van der Waals surface area contributed by atoms with Crippen molar-refractivity contribution in [1.82, 2.24) is 4.90 Å². The van der Waals surface area contributed by atoms with Crippen molar-refractivity contribution in [3.63, 3.8) is 0 Å². The fourth-order valence-corrected chi connectivity index (χ4v) is 2.30. The molecule has 2 aromatic rings. The van der Waals surface area contributed by atoms with Crippen LogP contribution >= 0.6 is 11.6 Å². The lowest BCUT2D eigenvalue weighted by Gasteiger charge is -2.17. The molecule has 2 N–H and O–H groups in total. The highest BCUT2D eigenvalue weighted by atomic mass is 35.5. The monoisotopic (exact) mass is 288 g/mol. The van der Waals surface area contributed by atoms with Gasteiger partial charge in [-0.05, 0) is 42.4 Å². The van der Waals surface area contributed by atoms with E-state index in [1.54, 1.807) is 12.1 Å². The number of hydrogen-bond acceptors (Lipinski definition) is 2. The third-order valence-electron chi connectivity index (χ3n) is 3.03. The molecule has 0 spiro atoms. The Labute approximate surface area is 124 Å². The first-order chi connectivity index (χ1) is 9.54. The summed E-state index contributed by atoms with van der Waals surface area (Å²) in [4.78, 5) is 13.2. The Balaban J connectivity index is 1.97. The third kappa shape index (κ3) is 4.08. The van der Waals surface area contributed by atoms with Crippen molar-refractivity contribution >= 4 is 17.5 Å². The minimum atomic E-state index is -0.399. The lowest BCUT2D eigenvalue weighted by atomic mass is 10.1. The maximum Gasteiger partial charge on any atom is 0.248 e. The van der Waals surface area contributed by atoms with Gasteiger partial charge in [0.2, 0.25) is 5.91 Å². The standard InChI is InChI=1S/C16H17ClN2O/c1-19(11-13-3-2-4-15(17)9-13)10-12-5-7-14(8-6-12)16(18)20/h2-9H,10-11H2,1H3,(H2,18,20). The Bertz CT molecular complexity index is 596. The Morgan fingerprint density at radius 3 is 2.35 bits per heavy atom. The molecule has 20 heavy (non-hydrogen) atoms. The van der Waals surface area contributed by atoms with Gasteiger partial charge in [-0.15, -0.1) is 0 Å². The summed E-state index contributed by atoms with van der Waals surface area (Å²) in [6.45, 7) is 1.61. The molecule has 0 aliphatic heterocycles. The third-order valence-corrected chi connectivity index (χ3v) is 3.27. The highest BCUT2D eigenvalue weighted by Gasteiger charge is 2.04. The zero-order chi connectivity index (χ0) is 14.5. The summed E-state index contributed by atoms with van der Waals surface area (Å²) in [5, 5.41) is 0.752. The van der Waals surface area contributed by atoms with Crippen molar-refractivity contribution in [2.24, 2.45) is 5.73 Å². The number of carbonyl (C=O) groups is 1. The van der Waals surface area contributed by atoms with E-state index in [-0.39, 0.29) is 0 Å². The normalized spacial score (nSPS) is 10.8. The molecule has 0 atom stereocenters. The molecule has 0 aliphatic carbocycles. The second-order valence-corrected chi connectivity index (χ2v) is 5.30. The van der Waals surface area contributed by atoms with Crippen molar-refractivity contribution in [2.75, 3.05) is 7.05 Å². The molecule has 2 rings (SSSR count). The van der Waals surface area contributed by atoms with Crippen LogP contribution in [0.5, 0.6) is 0 Å². The van der Waals surface area contributed by atoms with Crippen molar-refractivity contribution in [1.29, 1.82) is 0 Å². The molecule has 0 saturated heterocycles. The number of amides is 1. The molecule has 0 heterocycles. The molecule has 1 amide bonds. The number of benzene rings is 2. The summed E-state index contributed by atoms with van der Waals surface area (Å²) in [7, 11) is 2.04. The van der Waals surface area contributed by atoms with Crippen molar-refractivity contribution in [3.8, 4) is 0 Å². The van der Waals surface area contributed by atoms with Crippen LogP contribution in [-0.2, 0) is 13.1 Å². The molecule has 2 aromatic carbocycles. The number of primary amides is 1. The molecule has 0 fully saturated rings. The first kappa shape index (κ1) is 14.6. The van der Waals surface area contributed by atoms with E-state index in [1.165, 1.54) is 5.56 Å². The van der Waals surface area contributed by atoms with Gasteiger partial charge in [-0.2, -0.15) is 0 Å². The minimum Gasteiger partial charge on any atom is -0.366 e. The molecule has 0 aliphatic rings. The van der Waals surface area contributed by atoms with Crippen LogP contribution in [-0.4, -0.2) is 17.9 Å². The molecule has 0 radical (unpaired) electrons. The topological polar surface area (TPSA) is 46.3 Å². The highest BCUT2D eigenvalue weighted by Crippen LogP contribution is 2.13. The first-order valence-electron chi connectivity index (χ1n) is 6.36. The molecular weight excluding hydrogens is 272 g/mol. The SMILES string of the molecule is CN(Cc1ccc(C(N)=O)cc1)Cc1cccc(Cl)c1. The van der Waals surface area contributed by atoms with Gasteiger partial charge in [0.1, 0.15) is 0 Å². The fraction of sp³-hybridized carbons (Fsp3) is 0.188. The van der Waals surface area contributed by atoms with Crippen molar-refractivity contribution in [3.05, 3.63) is 70.2 Å². The van der Waals surface area contributed by atoms with Gasteiger partial charge in [0.25, 0.3) is 0 Å². The zero-order valence-corrected chi connectivity index (χ0v) is 12.1. The predicted octanol–water partition coefficient (Wildman–Crippen LogP) is 3.07. The average Bonchev–Trinajstić information content (AvgIpc) is 2.39. The van der Waals surface area contributed by atoms with Gasteiger partial charge in [0, 0.05) is 23.7 Å². The van der Waals surface area contributed by atoms with Gasteiger partial charge in [0.05, 0.1) is 0 Å². The van der Waals surface area contributed by atoms with Crippen LogP contribution in [0.15, 0.2) is 48.5 Å². The van der Waals surface area contributed by atoms with E-state index in [4.69, 9.17) is 17.3 Å². The van der Waals surface area contributed by atoms with Gasteiger partial charge in [0.15, 0.2) is 0 Å². The first-order valence-corrected chi connectivity index (χ1v) is 6.74. The van der Waals surface area contributed by atoms with Gasteiger partial charge in [-0.1, -0.05) is 35.9 Å². The average molecular weight is 289 g/mol. The maximum atomic E-state index is 11.0. The molecule has 0 saturated carbocycles. The Morgan fingerprint density at radius 1 is 1.10 bits per heavy atom. The fourth-order valence-electron chi connectivity index (χ4n) is 2.09. The molecule has 0 bridgehead atoms. The van der Waals surface area contributed by atoms with E-state index in [0.717, 1.165) is 23.7 Å². The van der Waals surface area contributed by atoms with Crippen molar-refractivity contribution in [2.45, 2.75) is 13.1 Å². The van der Waals surface area contributed by atoms with E-state index < -0.39 is 5.91 Å². The predicted molar refractivity (Wildman–Crippen MR) is 81.6 cm³/mol. The molecule has 104 valence electrons. The number of halogens is 1. The number of nitrogens with zero attached hydrogens (tertiary/aromatic N) is 1. The quantitative estimate of drug-likeness (QED) is 0.919. The van der Waals surface area contributed by atoms with Gasteiger partial charge in [-0.3, -0.25) is 9.69 Å². The Morgan fingerprint density at radius 2 is 1.75 bits per heavy atom. The molecule has 0 unspecified atom stereocenters. The van der Waals surface area contributed by atoms with Crippen LogP contribution in [0.3, 0.4) is 0 Å². The largest absolute Gasteiger partial charge is 0.366 e. The van der Waals surface area contributed by atoms with Gasteiger partial charge in [-0.25, -0.2) is 0 Å². The zero-order valence-electron chi connectivity index (χ0n) is 11.3. The summed E-state index contributed by atoms with van der Waals surface area (Å²) in [6.07, 6.45) is 0. The molecule has 4 heteroatoms. The summed E-state index contributed by atoms with van der Waals surface area (Å²) in [5.74, 6) is -0.399. The smallest absolute Gasteiger partial charge is 0.248 e. The second-order valence-electron chi connectivity index (χ2n) is 4.86. The lowest BCUT2D eigenvalue weighted by molar-refractivity contribution is 0.100. The Hall–Kier alpha value is -1.84. The van der Waals surface area contributed by atoms with Gasteiger partial charge >= 0.3 is 0 Å². The van der Waals surface area contributed by atoms with Crippen LogP contribution < -0.4 is 5.73 Å². The van der Waals surface area contributed by atoms with E-state index in [1.807, 2.05) is 37.4 Å². The maximum absolute atomic E-state index is 11.0. The van der Waals surface area contributed by atoms with Crippen LogP contribution in [0.4, 0.5) is 0 Å². The Kier molecular flexibility index (Phi) is 4.77. The van der Waals surface area contributed by atoms with E-state index in [2.05, 4.69) is 11.0 Å². The van der Waals surface area contributed by atoms with Crippen LogP contribution in [0.2, 0.25) is 5.02 Å². The summed E-state index contributed by atoms with van der Waals surface area (Å²) < 4.78 is 0. The van der Waals surface area contributed by atoms with Crippen LogP contribution in [0.25, 0.3) is 0 Å². The lowest BCUT2D eigenvalue weighted by Crippen LogP contribution is -2.17. The van der Waals surface area contributed by atoms with Crippen LogP contribution in [0.1, 0.15) is 21.5 Å². The van der Waals surface area contributed by atoms with E-state index in [9.17, 15) is 4.79 Å².